The van der Waals surface area contributed by atoms with E-state index in [2.05, 4.69) is 17.1 Å². The number of thioether (sulfide) groups is 1. The number of ether oxygens (including phenoxy) is 1. The van der Waals surface area contributed by atoms with Crippen molar-refractivity contribution in [3.05, 3.63) is 89.1 Å². The highest BCUT2D eigenvalue weighted by molar-refractivity contribution is 8.00. The van der Waals surface area contributed by atoms with Gasteiger partial charge in [0.1, 0.15) is 11.8 Å². The molecule has 3 aromatic carbocycles. The largest absolute Gasteiger partial charge is 0.544 e. The molecule has 176 valence electrons. The Morgan fingerprint density at radius 1 is 1.20 bits per heavy atom. The Morgan fingerprint density at radius 3 is 2.86 bits per heavy atom. The van der Waals surface area contributed by atoms with Crippen LogP contribution in [0.4, 0.5) is 0 Å². The number of carboxylic acid groups (broad SMARTS) is 1. The molecule has 0 radical (unpaired) electrons. The molecule has 0 spiro atoms. The van der Waals surface area contributed by atoms with Gasteiger partial charge in [-0.3, -0.25) is 0 Å². The Bertz CT molecular complexity index is 1530. The van der Waals surface area contributed by atoms with Crippen molar-refractivity contribution >= 4 is 50.2 Å². The minimum absolute atomic E-state index is 0.175. The van der Waals surface area contributed by atoms with Gasteiger partial charge in [0.05, 0.1) is 29.0 Å². The summed E-state index contributed by atoms with van der Waals surface area (Å²) >= 11 is 3.37. The summed E-state index contributed by atoms with van der Waals surface area (Å²) in [6.45, 7) is 0. The van der Waals surface area contributed by atoms with Crippen molar-refractivity contribution < 1.29 is 20.0 Å². The van der Waals surface area contributed by atoms with Crippen molar-refractivity contribution in [3.63, 3.8) is 0 Å². The van der Waals surface area contributed by atoms with E-state index in [4.69, 9.17) is 9.72 Å². The lowest BCUT2D eigenvalue weighted by Gasteiger charge is -2.29. The number of fused-ring (bicyclic) bond motifs is 4. The van der Waals surface area contributed by atoms with E-state index in [0.29, 0.717) is 12.2 Å². The molecule has 0 amide bonds. The van der Waals surface area contributed by atoms with Crippen molar-refractivity contribution in [3.8, 4) is 5.75 Å². The predicted molar refractivity (Wildman–Crippen MR) is 137 cm³/mol. The lowest BCUT2D eigenvalue weighted by Crippen LogP contribution is -2.95. The summed E-state index contributed by atoms with van der Waals surface area (Å²) in [4.78, 5) is 20.2. The molecule has 3 N–H and O–H groups in total. The smallest absolute Gasteiger partial charge is 0.153 e. The number of para-hydroxylation sites is 2. The SMILES string of the molecule is COc1ccc([C@H]2[NH2+][C@H](C(=O)[O-])Cc3c2[nH]c2ccccc32)cc1CSc1nc2ccccc2s1. The first-order valence-electron chi connectivity index (χ1n) is 11.4. The number of benzene rings is 3. The number of aromatic nitrogens is 2. The Morgan fingerprint density at radius 2 is 2.03 bits per heavy atom. The first kappa shape index (κ1) is 22.2. The van der Waals surface area contributed by atoms with E-state index >= 15 is 0 Å². The van der Waals surface area contributed by atoms with Gasteiger partial charge in [-0.2, -0.15) is 0 Å². The zero-order valence-corrected chi connectivity index (χ0v) is 20.6. The maximum Gasteiger partial charge on any atom is 0.153 e. The molecule has 1 aliphatic heterocycles. The minimum Gasteiger partial charge on any atom is -0.544 e. The monoisotopic (exact) mass is 501 g/mol. The first-order valence-corrected chi connectivity index (χ1v) is 13.2. The number of rotatable bonds is 6. The molecular weight excluding hydrogens is 478 g/mol. The van der Waals surface area contributed by atoms with Gasteiger partial charge < -0.3 is 24.9 Å². The third-order valence-corrected chi connectivity index (χ3v) is 8.83. The van der Waals surface area contributed by atoms with Crippen LogP contribution in [-0.2, 0) is 17.0 Å². The van der Waals surface area contributed by atoms with Crippen molar-refractivity contribution in [2.75, 3.05) is 7.11 Å². The summed E-state index contributed by atoms with van der Waals surface area (Å²) in [7, 11) is 1.68. The zero-order chi connectivity index (χ0) is 23.9. The molecule has 0 saturated heterocycles. The molecule has 5 aromatic rings. The molecule has 3 heterocycles. The van der Waals surface area contributed by atoms with Gasteiger partial charge in [0.2, 0.25) is 0 Å². The molecule has 0 aliphatic carbocycles. The second kappa shape index (κ2) is 9.03. The Kier molecular flexibility index (Phi) is 5.72. The number of quaternary nitrogens is 1. The summed E-state index contributed by atoms with van der Waals surface area (Å²) in [6, 6.07) is 21.5. The number of nitrogens with zero attached hydrogens (tertiary/aromatic N) is 1. The second-order valence-corrected chi connectivity index (χ2v) is 10.9. The number of thiazole rings is 1. The average Bonchev–Trinajstić information content (AvgIpc) is 3.47. The van der Waals surface area contributed by atoms with E-state index in [9.17, 15) is 9.90 Å². The molecule has 0 bridgehead atoms. The van der Waals surface area contributed by atoms with Crippen LogP contribution in [0.3, 0.4) is 0 Å². The topological polar surface area (TPSA) is 94.6 Å². The van der Waals surface area contributed by atoms with Gasteiger partial charge in [0, 0.05) is 34.2 Å². The number of methoxy groups -OCH3 is 1. The molecule has 1 aliphatic rings. The zero-order valence-electron chi connectivity index (χ0n) is 19.0. The summed E-state index contributed by atoms with van der Waals surface area (Å²) in [5, 5.41) is 14.9. The van der Waals surface area contributed by atoms with Gasteiger partial charge in [-0.05, 0) is 42.0 Å². The molecule has 2 atom stereocenters. The minimum atomic E-state index is -1.04. The quantitative estimate of drug-likeness (QED) is 0.348. The van der Waals surface area contributed by atoms with E-state index in [1.165, 1.54) is 4.70 Å². The molecule has 0 unspecified atom stereocenters. The van der Waals surface area contributed by atoms with Gasteiger partial charge >= 0.3 is 0 Å². The van der Waals surface area contributed by atoms with Crippen LogP contribution in [0.2, 0.25) is 0 Å². The number of aromatic amines is 1. The number of hydrogen-bond donors (Lipinski definition) is 2. The number of carbonyl (C=O) groups is 1. The lowest BCUT2D eigenvalue weighted by molar-refractivity contribution is -0.717. The molecule has 0 fully saturated rings. The number of nitrogens with one attached hydrogen (secondary N) is 1. The Hall–Kier alpha value is -3.33. The van der Waals surface area contributed by atoms with Crippen LogP contribution in [0, 0.1) is 0 Å². The summed E-state index contributed by atoms with van der Waals surface area (Å²) < 4.78 is 7.84. The fourth-order valence-electron chi connectivity index (χ4n) is 4.92. The van der Waals surface area contributed by atoms with Crippen LogP contribution in [-0.4, -0.2) is 29.1 Å². The highest BCUT2D eigenvalue weighted by Crippen LogP contribution is 2.36. The summed E-state index contributed by atoms with van der Waals surface area (Å²) in [5.41, 5.74) is 6.23. The van der Waals surface area contributed by atoms with Gasteiger partial charge in [0.15, 0.2) is 10.4 Å². The van der Waals surface area contributed by atoms with Crippen LogP contribution >= 0.6 is 23.1 Å². The van der Waals surface area contributed by atoms with Gasteiger partial charge in [-0.25, -0.2) is 4.98 Å². The molecule has 6 nitrogen and oxygen atoms in total. The standard InChI is InChI=1S/C27H23N3O3S2/c1-33-22-11-10-15(12-16(22)14-34-27-30-20-8-4-5-9-23(20)35-27)24-25-18(13-21(29-24)26(31)32)17-6-2-3-7-19(17)28-25/h2-12,21,24,28-29H,13-14H2,1H3,(H,31,32)/t21-,24+/m0/s1. The average molecular weight is 502 g/mol. The fourth-order valence-corrected chi connectivity index (χ4v) is 6.97. The number of aliphatic carboxylic acids is 1. The second-order valence-electron chi connectivity index (χ2n) is 8.67. The third-order valence-electron chi connectivity index (χ3n) is 6.60. The molecule has 2 aromatic heterocycles. The van der Waals surface area contributed by atoms with Crippen LogP contribution in [0.15, 0.2) is 71.1 Å². The number of nitrogens with two attached hydrogens (primary N) is 1. The van der Waals surface area contributed by atoms with Crippen LogP contribution in [0.5, 0.6) is 5.75 Å². The van der Waals surface area contributed by atoms with Gasteiger partial charge in [-0.1, -0.05) is 42.1 Å². The molecule has 35 heavy (non-hydrogen) atoms. The first-order chi connectivity index (χ1) is 17.1. The lowest BCUT2D eigenvalue weighted by atomic mass is 9.90. The van der Waals surface area contributed by atoms with E-state index in [0.717, 1.165) is 48.9 Å². The van der Waals surface area contributed by atoms with E-state index in [-0.39, 0.29) is 6.04 Å². The normalized spacial score (nSPS) is 17.5. The third kappa shape index (κ3) is 4.07. The Balaban J connectivity index is 1.36. The molecule has 8 heteroatoms. The Labute approximate surface area is 210 Å². The van der Waals surface area contributed by atoms with E-state index < -0.39 is 12.0 Å². The van der Waals surface area contributed by atoms with Crippen molar-refractivity contribution in [1.29, 1.82) is 0 Å². The summed E-state index contributed by atoms with van der Waals surface area (Å²) in [5.74, 6) is 0.477. The maximum absolute atomic E-state index is 11.9. The van der Waals surface area contributed by atoms with E-state index in [1.807, 2.05) is 59.9 Å². The predicted octanol–water partition coefficient (Wildman–Crippen LogP) is 3.41. The van der Waals surface area contributed by atoms with E-state index in [1.54, 1.807) is 30.2 Å². The highest BCUT2D eigenvalue weighted by Gasteiger charge is 2.35. The van der Waals surface area contributed by atoms with Crippen LogP contribution in [0.25, 0.3) is 21.1 Å². The van der Waals surface area contributed by atoms with Crippen molar-refractivity contribution in [1.82, 2.24) is 9.97 Å². The van der Waals surface area contributed by atoms with Crippen LogP contribution in [0.1, 0.15) is 28.4 Å². The maximum atomic E-state index is 11.9. The highest BCUT2D eigenvalue weighted by atomic mass is 32.2. The number of carboxylic acids is 1. The number of hydrogen-bond acceptors (Lipinski definition) is 6. The van der Waals surface area contributed by atoms with Crippen molar-refractivity contribution in [2.24, 2.45) is 0 Å². The van der Waals surface area contributed by atoms with Crippen molar-refractivity contribution in [2.45, 2.75) is 28.6 Å². The molecule has 6 rings (SSSR count). The fraction of sp³-hybridized carbons (Fsp3) is 0.185. The number of H-pyrrole nitrogens is 1. The van der Waals surface area contributed by atoms with Crippen LogP contribution < -0.4 is 15.2 Å². The van der Waals surface area contributed by atoms with Gasteiger partial charge in [-0.15, -0.1) is 11.3 Å². The molecular formula is C27H23N3O3S2. The molecule has 0 saturated carbocycles. The van der Waals surface area contributed by atoms with Gasteiger partial charge in [0.25, 0.3) is 0 Å². The summed E-state index contributed by atoms with van der Waals surface area (Å²) in [6.07, 6.45) is 0.439. The number of carbonyl (C=O) groups excluding carboxylic acids is 1.